The zero-order chi connectivity index (χ0) is 11.7. The Morgan fingerprint density at radius 2 is 2.19 bits per heavy atom. The van der Waals surface area contributed by atoms with Crippen LogP contribution in [0.5, 0.6) is 0 Å². The summed E-state index contributed by atoms with van der Waals surface area (Å²) in [5, 5.41) is 16.4. The van der Waals surface area contributed by atoms with Gasteiger partial charge in [0, 0.05) is 18.3 Å². The van der Waals surface area contributed by atoms with E-state index in [-0.39, 0.29) is 6.04 Å². The number of anilines is 1. The SMILES string of the molecule is Cc1nn(C)c(C)c1C(C)Nc1nncs1. The fourth-order valence-corrected chi connectivity index (χ4v) is 2.44. The van der Waals surface area contributed by atoms with E-state index >= 15 is 0 Å². The van der Waals surface area contributed by atoms with Gasteiger partial charge in [-0.3, -0.25) is 4.68 Å². The number of aryl methyl sites for hydroxylation is 2. The van der Waals surface area contributed by atoms with E-state index < -0.39 is 0 Å². The van der Waals surface area contributed by atoms with E-state index in [2.05, 4.69) is 34.5 Å². The average Bonchev–Trinajstić information content (AvgIpc) is 2.77. The number of rotatable bonds is 3. The van der Waals surface area contributed by atoms with Crippen LogP contribution >= 0.6 is 11.3 Å². The summed E-state index contributed by atoms with van der Waals surface area (Å²) in [4.78, 5) is 0. The van der Waals surface area contributed by atoms with Crippen LogP contribution in [-0.2, 0) is 7.05 Å². The molecule has 1 atom stereocenters. The highest BCUT2D eigenvalue weighted by Crippen LogP contribution is 2.24. The summed E-state index contributed by atoms with van der Waals surface area (Å²) in [6.07, 6.45) is 0. The quantitative estimate of drug-likeness (QED) is 0.887. The zero-order valence-corrected chi connectivity index (χ0v) is 10.7. The molecule has 1 N–H and O–H groups in total. The van der Waals surface area contributed by atoms with Crippen LogP contribution in [0.25, 0.3) is 0 Å². The third-order valence-electron chi connectivity index (χ3n) is 2.70. The highest BCUT2D eigenvalue weighted by molar-refractivity contribution is 7.13. The van der Waals surface area contributed by atoms with Gasteiger partial charge in [0.15, 0.2) is 0 Å². The van der Waals surface area contributed by atoms with Gasteiger partial charge in [-0.1, -0.05) is 11.3 Å². The molecule has 6 heteroatoms. The maximum atomic E-state index is 4.40. The maximum absolute atomic E-state index is 4.40. The van der Waals surface area contributed by atoms with E-state index in [1.807, 2.05) is 18.7 Å². The van der Waals surface area contributed by atoms with Gasteiger partial charge in [0.2, 0.25) is 5.13 Å². The summed E-state index contributed by atoms with van der Waals surface area (Å²) < 4.78 is 1.91. The average molecular weight is 237 g/mol. The molecule has 0 aliphatic carbocycles. The molecule has 0 fully saturated rings. The van der Waals surface area contributed by atoms with Gasteiger partial charge in [-0.2, -0.15) is 5.10 Å². The summed E-state index contributed by atoms with van der Waals surface area (Å²) in [7, 11) is 1.96. The summed E-state index contributed by atoms with van der Waals surface area (Å²) in [5.74, 6) is 0. The van der Waals surface area contributed by atoms with E-state index in [9.17, 15) is 0 Å². The minimum absolute atomic E-state index is 0.196. The first-order valence-electron chi connectivity index (χ1n) is 5.12. The smallest absolute Gasteiger partial charge is 0.205 e. The highest BCUT2D eigenvalue weighted by Gasteiger charge is 2.16. The Labute approximate surface area is 98.5 Å². The number of hydrogen-bond donors (Lipinski definition) is 1. The van der Waals surface area contributed by atoms with Crippen LogP contribution in [0, 0.1) is 13.8 Å². The Bertz CT molecular complexity index is 474. The van der Waals surface area contributed by atoms with Gasteiger partial charge < -0.3 is 5.32 Å². The lowest BCUT2D eigenvalue weighted by Crippen LogP contribution is -2.08. The van der Waals surface area contributed by atoms with E-state index in [0.29, 0.717) is 0 Å². The van der Waals surface area contributed by atoms with Crippen molar-refractivity contribution in [3.63, 3.8) is 0 Å². The molecule has 2 rings (SSSR count). The molecule has 0 bridgehead atoms. The largest absolute Gasteiger partial charge is 0.353 e. The van der Waals surface area contributed by atoms with Crippen molar-refractivity contribution in [2.75, 3.05) is 5.32 Å². The Balaban J connectivity index is 2.24. The predicted octanol–water partition coefficient (Wildman–Crippen LogP) is 2.06. The van der Waals surface area contributed by atoms with Crippen molar-refractivity contribution in [3.8, 4) is 0 Å². The molecular formula is C10H15N5S. The lowest BCUT2D eigenvalue weighted by molar-refractivity contribution is 0.728. The first-order valence-corrected chi connectivity index (χ1v) is 6.00. The molecule has 0 aromatic carbocycles. The lowest BCUT2D eigenvalue weighted by atomic mass is 10.1. The molecule has 2 aromatic heterocycles. The van der Waals surface area contributed by atoms with Gasteiger partial charge in [0.25, 0.3) is 0 Å². The van der Waals surface area contributed by atoms with E-state index in [4.69, 9.17) is 0 Å². The Morgan fingerprint density at radius 3 is 2.69 bits per heavy atom. The van der Waals surface area contributed by atoms with Crippen molar-refractivity contribution >= 4 is 16.5 Å². The van der Waals surface area contributed by atoms with Crippen LogP contribution in [-0.4, -0.2) is 20.0 Å². The Morgan fingerprint density at radius 1 is 1.44 bits per heavy atom. The van der Waals surface area contributed by atoms with Crippen LogP contribution in [0.1, 0.15) is 29.9 Å². The molecule has 1 unspecified atom stereocenters. The second-order valence-corrected chi connectivity index (χ2v) is 4.65. The fraction of sp³-hybridized carbons (Fsp3) is 0.500. The normalized spacial score (nSPS) is 12.8. The molecular weight excluding hydrogens is 222 g/mol. The van der Waals surface area contributed by atoms with Crippen LogP contribution in [0.2, 0.25) is 0 Å². The van der Waals surface area contributed by atoms with Crippen LogP contribution in [0.3, 0.4) is 0 Å². The van der Waals surface area contributed by atoms with Crippen LogP contribution in [0.15, 0.2) is 5.51 Å². The summed E-state index contributed by atoms with van der Waals surface area (Å²) >= 11 is 1.50. The lowest BCUT2D eigenvalue weighted by Gasteiger charge is -2.13. The van der Waals surface area contributed by atoms with Gasteiger partial charge in [0.1, 0.15) is 5.51 Å². The van der Waals surface area contributed by atoms with Crippen molar-refractivity contribution in [2.45, 2.75) is 26.8 Å². The van der Waals surface area contributed by atoms with Gasteiger partial charge in [0.05, 0.1) is 11.7 Å². The molecule has 0 saturated heterocycles. The first-order chi connectivity index (χ1) is 7.59. The van der Waals surface area contributed by atoms with Gasteiger partial charge >= 0.3 is 0 Å². The molecule has 0 radical (unpaired) electrons. The van der Waals surface area contributed by atoms with Crippen molar-refractivity contribution in [1.82, 2.24) is 20.0 Å². The molecule has 0 spiro atoms. The molecule has 2 aromatic rings. The molecule has 0 aliphatic rings. The van der Waals surface area contributed by atoms with Crippen molar-refractivity contribution < 1.29 is 0 Å². The zero-order valence-electron chi connectivity index (χ0n) is 9.85. The van der Waals surface area contributed by atoms with E-state index in [1.165, 1.54) is 22.6 Å². The van der Waals surface area contributed by atoms with E-state index in [0.717, 1.165) is 10.8 Å². The standard InChI is InChI=1S/C10H15N5S/c1-6(12-10-13-11-5-16-10)9-7(2)14-15(4)8(9)3/h5-6H,1-4H3,(H,12,13). The van der Waals surface area contributed by atoms with Crippen molar-refractivity contribution in [2.24, 2.45) is 7.05 Å². The number of nitrogens with one attached hydrogen (secondary N) is 1. The Hall–Kier alpha value is -1.43. The van der Waals surface area contributed by atoms with Gasteiger partial charge in [-0.15, -0.1) is 10.2 Å². The fourth-order valence-electron chi connectivity index (χ4n) is 1.91. The van der Waals surface area contributed by atoms with Crippen LogP contribution in [0.4, 0.5) is 5.13 Å². The number of nitrogens with zero attached hydrogens (tertiary/aromatic N) is 4. The Kier molecular flexibility index (Phi) is 2.91. The summed E-state index contributed by atoms with van der Waals surface area (Å²) in [5.41, 5.74) is 5.20. The molecule has 86 valence electrons. The van der Waals surface area contributed by atoms with Crippen molar-refractivity contribution in [1.29, 1.82) is 0 Å². The third-order valence-corrected chi connectivity index (χ3v) is 3.32. The summed E-state index contributed by atoms with van der Waals surface area (Å²) in [6, 6.07) is 0.196. The van der Waals surface area contributed by atoms with Crippen LogP contribution < -0.4 is 5.32 Å². The molecule has 2 heterocycles. The minimum atomic E-state index is 0.196. The number of hydrogen-bond acceptors (Lipinski definition) is 5. The predicted molar refractivity (Wildman–Crippen MR) is 64.6 cm³/mol. The van der Waals surface area contributed by atoms with Crippen molar-refractivity contribution in [3.05, 3.63) is 22.5 Å². The first kappa shape index (κ1) is 11.1. The van der Waals surface area contributed by atoms with Gasteiger partial charge in [-0.25, -0.2) is 0 Å². The molecule has 0 aliphatic heterocycles. The molecule has 0 amide bonds. The molecule has 5 nitrogen and oxygen atoms in total. The second-order valence-electron chi connectivity index (χ2n) is 3.82. The topological polar surface area (TPSA) is 55.6 Å². The molecule has 16 heavy (non-hydrogen) atoms. The van der Waals surface area contributed by atoms with E-state index in [1.54, 1.807) is 5.51 Å². The molecule has 0 saturated carbocycles. The minimum Gasteiger partial charge on any atom is -0.353 e. The number of aromatic nitrogens is 4. The monoisotopic (exact) mass is 237 g/mol. The third kappa shape index (κ3) is 1.92. The highest BCUT2D eigenvalue weighted by atomic mass is 32.1. The van der Waals surface area contributed by atoms with Gasteiger partial charge in [-0.05, 0) is 20.8 Å². The maximum Gasteiger partial charge on any atom is 0.205 e. The second kappa shape index (κ2) is 4.21. The summed E-state index contributed by atoms with van der Waals surface area (Å²) in [6.45, 7) is 6.21.